The van der Waals surface area contributed by atoms with Crippen molar-refractivity contribution in [3.63, 3.8) is 0 Å². The smallest absolute Gasteiger partial charge is 0.223 e. The molecule has 1 heterocycles. The fourth-order valence-corrected chi connectivity index (χ4v) is 2.08. The SMILES string of the molecule is CC1(CC(=O)N2CCCO[C@@H](CF)C2)CC1. The Hall–Kier alpha value is -0.640. The zero-order valence-electron chi connectivity index (χ0n) is 9.88. The topological polar surface area (TPSA) is 29.5 Å². The molecule has 1 amide bonds. The zero-order valence-corrected chi connectivity index (χ0v) is 9.88. The minimum absolute atomic E-state index is 0.170. The Kier molecular flexibility index (Phi) is 3.47. The van der Waals surface area contributed by atoms with E-state index < -0.39 is 12.8 Å². The van der Waals surface area contributed by atoms with Gasteiger partial charge in [-0.3, -0.25) is 4.79 Å². The van der Waals surface area contributed by atoms with E-state index >= 15 is 0 Å². The molecular formula is C12H20FNO2. The Balaban J connectivity index is 1.88. The number of hydrogen-bond acceptors (Lipinski definition) is 2. The van der Waals surface area contributed by atoms with Gasteiger partial charge in [-0.05, 0) is 24.7 Å². The quantitative estimate of drug-likeness (QED) is 0.738. The second kappa shape index (κ2) is 4.70. The van der Waals surface area contributed by atoms with Gasteiger partial charge in [0.05, 0.1) is 0 Å². The van der Waals surface area contributed by atoms with Crippen LogP contribution in [0.4, 0.5) is 4.39 Å². The third kappa shape index (κ3) is 2.94. The van der Waals surface area contributed by atoms with Crippen LogP contribution < -0.4 is 0 Å². The van der Waals surface area contributed by atoms with Crippen molar-refractivity contribution >= 4 is 5.91 Å². The molecule has 1 saturated carbocycles. The first kappa shape index (κ1) is 11.8. The van der Waals surface area contributed by atoms with Crippen molar-refractivity contribution in [1.82, 2.24) is 4.90 Å². The lowest BCUT2D eigenvalue weighted by molar-refractivity contribution is -0.133. The lowest BCUT2D eigenvalue weighted by atomic mass is 10.0. The molecule has 0 spiro atoms. The second-order valence-corrected chi connectivity index (χ2v) is 5.33. The Morgan fingerprint density at radius 3 is 2.94 bits per heavy atom. The van der Waals surface area contributed by atoms with Crippen LogP contribution in [0.25, 0.3) is 0 Å². The number of rotatable bonds is 3. The largest absolute Gasteiger partial charge is 0.374 e. The minimum atomic E-state index is -0.499. The fraction of sp³-hybridized carbons (Fsp3) is 0.917. The van der Waals surface area contributed by atoms with Crippen molar-refractivity contribution in [3.05, 3.63) is 0 Å². The van der Waals surface area contributed by atoms with Crippen LogP contribution in [0.3, 0.4) is 0 Å². The van der Waals surface area contributed by atoms with Crippen LogP contribution in [0.2, 0.25) is 0 Å². The van der Waals surface area contributed by atoms with Gasteiger partial charge in [0, 0.05) is 26.1 Å². The van der Waals surface area contributed by atoms with E-state index in [1.165, 1.54) is 0 Å². The van der Waals surface area contributed by atoms with Crippen molar-refractivity contribution in [2.45, 2.75) is 38.7 Å². The van der Waals surface area contributed by atoms with E-state index in [4.69, 9.17) is 4.74 Å². The van der Waals surface area contributed by atoms with Crippen LogP contribution in [-0.4, -0.2) is 43.3 Å². The first-order chi connectivity index (χ1) is 7.63. The van der Waals surface area contributed by atoms with Crippen LogP contribution in [0.1, 0.15) is 32.6 Å². The van der Waals surface area contributed by atoms with Crippen molar-refractivity contribution in [1.29, 1.82) is 0 Å². The zero-order chi connectivity index (χ0) is 11.6. The Morgan fingerprint density at radius 1 is 1.56 bits per heavy atom. The highest BCUT2D eigenvalue weighted by atomic mass is 19.1. The molecule has 1 aliphatic heterocycles. The van der Waals surface area contributed by atoms with Crippen LogP contribution in [0, 0.1) is 5.41 Å². The maximum atomic E-state index is 12.6. The third-order valence-corrected chi connectivity index (χ3v) is 3.56. The fourth-order valence-electron chi connectivity index (χ4n) is 2.08. The molecule has 1 aliphatic carbocycles. The van der Waals surface area contributed by atoms with E-state index in [1.807, 2.05) is 0 Å². The van der Waals surface area contributed by atoms with Crippen molar-refractivity contribution in [3.8, 4) is 0 Å². The monoisotopic (exact) mass is 229 g/mol. The van der Waals surface area contributed by atoms with Crippen LogP contribution >= 0.6 is 0 Å². The molecule has 0 aromatic carbocycles. The van der Waals surface area contributed by atoms with Crippen LogP contribution in [-0.2, 0) is 9.53 Å². The Morgan fingerprint density at radius 2 is 2.31 bits per heavy atom. The van der Waals surface area contributed by atoms with Gasteiger partial charge in [-0.1, -0.05) is 6.92 Å². The predicted molar refractivity (Wildman–Crippen MR) is 58.9 cm³/mol. The molecule has 3 nitrogen and oxygen atoms in total. The number of amides is 1. The van der Waals surface area contributed by atoms with Gasteiger partial charge in [0.1, 0.15) is 12.8 Å². The number of halogens is 1. The highest BCUT2D eigenvalue weighted by molar-refractivity contribution is 5.77. The number of nitrogens with zero attached hydrogens (tertiary/aromatic N) is 1. The molecule has 92 valence electrons. The molecule has 1 atom stereocenters. The average Bonchev–Trinajstić information content (AvgIpc) is 3.01. The van der Waals surface area contributed by atoms with E-state index in [2.05, 4.69) is 6.92 Å². The Bertz CT molecular complexity index is 266. The molecular weight excluding hydrogens is 209 g/mol. The second-order valence-electron chi connectivity index (χ2n) is 5.33. The molecule has 2 rings (SSSR count). The number of alkyl halides is 1. The summed E-state index contributed by atoms with van der Waals surface area (Å²) in [6.45, 7) is 3.35. The standard InChI is InChI=1S/C12H20FNO2/c1-12(3-4-12)7-11(15)14-5-2-6-16-10(8-13)9-14/h10H,2-9H2,1H3/t10-/m0/s1. The highest BCUT2D eigenvalue weighted by Gasteiger charge is 2.40. The van der Waals surface area contributed by atoms with E-state index in [-0.39, 0.29) is 11.3 Å². The van der Waals surface area contributed by atoms with E-state index in [9.17, 15) is 9.18 Å². The Labute approximate surface area is 95.9 Å². The molecule has 0 aromatic heterocycles. The molecule has 0 unspecified atom stereocenters. The van der Waals surface area contributed by atoms with Gasteiger partial charge >= 0.3 is 0 Å². The van der Waals surface area contributed by atoms with Gasteiger partial charge in [0.2, 0.25) is 5.91 Å². The summed E-state index contributed by atoms with van der Waals surface area (Å²) < 4.78 is 17.9. The summed E-state index contributed by atoms with van der Waals surface area (Å²) in [4.78, 5) is 13.8. The van der Waals surface area contributed by atoms with Crippen molar-refractivity contribution < 1.29 is 13.9 Å². The molecule has 4 heteroatoms. The number of carbonyl (C=O) groups excluding carboxylic acids is 1. The van der Waals surface area contributed by atoms with Gasteiger partial charge in [-0.15, -0.1) is 0 Å². The van der Waals surface area contributed by atoms with Gasteiger partial charge in [-0.2, -0.15) is 0 Å². The number of ether oxygens (including phenoxy) is 1. The summed E-state index contributed by atoms with van der Waals surface area (Å²) in [5, 5.41) is 0. The molecule has 1 saturated heterocycles. The summed E-state index contributed by atoms with van der Waals surface area (Å²) >= 11 is 0. The summed E-state index contributed by atoms with van der Waals surface area (Å²) in [6, 6.07) is 0. The van der Waals surface area contributed by atoms with E-state index in [0.717, 1.165) is 19.3 Å². The lowest BCUT2D eigenvalue weighted by Gasteiger charge is -2.24. The normalized spacial score (nSPS) is 28.6. The molecule has 0 aromatic rings. The molecule has 0 N–H and O–H groups in total. The minimum Gasteiger partial charge on any atom is -0.374 e. The van der Waals surface area contributed by atoms with Gasteiger partial charge < -0.3 is 9.64 Å². The maximum Gasteiger partial charge on any atom is 0.223 e. The summed E-state index contributed by atoms with van der Waals surface area (Å²) in [5.41, 5.74) is 0.232. The molecule has 0 bridgehead atoms. The average molecular weight is 229 g/mol. The van der Waals surface area contributed by atoms with Crippen LogP contribution in [0.5, 0.6) is 0 Å². The third-order valence-electron chi connectivity index (χ3n) is 3.56. The summed E-state index contributed by atoms with van der Waals surface area (Å²) in [5.74, 6) is 0.170. The van der Waals surface area contributed by atoms with E-state index in [1.54, 1.807) is 4.90 Å². The summed E-state index contributed by atoms with van der Waals surface area (Å²) in [7, 11) is 0. The molecule has 2 fully saturated rings. The highest BCUT2D eigenvalue weighted by Crippen LogP contribution is 2.48. The van der Waals surface area contributed by atoms with Gasteiger partial charge in [-0.25, -0.2) is 4.39 Å². The van der Waals surface area contributed by atoms with Gasteiger partial charge in [0.15, 0.2) is 0 Å². The predicted octanol–water partition coefficient (Wildman–Crippen LogP) is 1.76. The van der Waals surface area contributed by atoms with Crippen molar-refractivity contribution in [2.24, 2.45) is 5.41 Å². The van der Waals surface area contributed by atoms with E-state index in [0.29, 0.717) is 26.1 Å². The molecule has 16 heavy (non-hydrogen) atoms. The van der Waals surface area contributed by atoms with Gasteiger partial charge in [0.25, 0.3) is 0 Å². The summed E-state index contributed by atoms with van der Waals surface area (Å²) in [6.07, 6.45) is 3.31. The van der Waals surface area contributed by atoms with Crippen LogP contribution in [0.15, 0.2) is 0 Å². The number of carbonyl (C=O) groups is 1. The van der Waals surface area contributed by atoms with Crippen molar-refractivity contribution in [2.75, 3.05) is 26.4 Å². The molecule has 2 aliphatic rings. The number of hydrogen-bond donors (Lipinski definition) is 0. The molecule has 0 radical (unpaired) electrons. The first-order valence-electron chi connectivity index (χ1n) is 6.08. The maximum absolute atomic E-state index is 12.6. The first-order valence-corrected chi connectivity index (χ1v) is 6.08. The lowest BCUT2D eigenvalue weighted by Crippen LogP contribution is -2.38.